The van der Waals surface area contributed by atoms with Gasteiger partial charge in [-0.25, -0.2) is 5.84 Å². The molecule has 0 spiro atoms. The Kier molecular flexibility index (Phi) is 3.10. The lowest BCUT2D eigenvalue weighted by molar-refractivity contribution is 0.465. The zero-order valence-electron chi connectivity index (χ0n) is 12.3. The molecule has 1 aliphatic heterocycles. The van der Waals surface area contributed by atoms with E-state index in [4.69, 9.17) is 5.84 Å². The van der Waals surface area contributed by atoms with Gasteiger partial charge in [-0.2, -0.15) is 15.0 Å². The Hall–Kier alpha value is -1.63. The Bertz CT molecular complexity index is 518. The SMILES string of the molecule is NNc1nc(NCC2(C3CC3)CC2)nc(N2CCCC2)n1. The highest BCUT2D eigenvalue weighted by molar-refractivity contribution is 5.44. The molecule has 114 valence electrons. The number of nitrogen functional groups attached to an aromatic ring is 1. The molecule has 21 heavy (non-hydrogen) atoms. The van der Waals surface area contributed by atoms with Gasteiger partial charge in [-0.3, -0.25) is 5.43 Å². The van der Waals surface area contributed by atoms with E-state index in [1.807, 2.05) is 0 Å². The van der Waals surface area contributed by atoms with Gasteiger partial charge in [0.25, 0.3) is 0 Å². The molecule has 4 rings (SSSR count). The first-order valence-electron chi connectivity index (χ1n) is 8.01. The number of hydrogen-bond donors (Lipinski definition) is 3. The lowest BCUT2D eigenvalue weighted by Gasteiger charge is -2.18. The van der Waals surface area contributed by atoms with Crippen LogP contribution in [0.5, 0.6) is 0 Å². The van der Waals surface area contributed by atoms with Crippen LogP contribution in [0.3, 0.4) is 0 Å². The van der Waals surface area contributed by atoms with Crippen LogP contribution in [0.25, 0.3) is 0 Å². The highest BCUT2D eigenvalue weighted by Crippen LogP contribution is 2.61. The Labute approximate surface area is 124 Å². The molecular formula is C14H23N7. The second-order valence-corrected chi connectivity index (χ2v) is 6.61. The van der Waals surface area contributed by atoms with E-state index in [9.17, 15) is 0 Å². The lowest BCUT2D eigenvalue weighted by atomic mass is 10.0. The molecule has 7 nitrogen and oxygen atoms in total. The number of nitrogens with zero attached hydrogens (tertiary/aromatic N) is 4. The zero-order chi connectivity index (χ0) is 14.3. The smallest absolute Gasteiger partial charge is 0.243 e. The second-order valence-electron chi connectivity index (χ2n) is 6.61. The second kappa shape index (κ2) is 4.98. The maximum atomic E-state index is 5.49. The topological polar surface area (TPSA) is 92.0 Å². The molecule has 1 aromatic rings. The predicted octanol–water partition coefficient (Wildman–Crippen LogP) is 1.36. The van der Waals surface area contributed by atoms with E-state index >= 15 is 0 Å². The number of hydrogen-bond acceptors (Lipinski definition) is 7. The fraction of sp³-hybridized carbons (Fsp3) is 0.786. The summed E-state index contributed by atoms with van der Waals surface area (Å²) in [5.74, 6) is 8.23. The summed E-state index contributed by atoms with van der Waals surface area (Å²) < 4.78 is 0. The quantitative estimate of drug-likeness (QED) is 0.538. The van der Waals surface area contributed by atoms with Gasteiger partial charge in [0.2, 0.25) is 17.8 Å². The summed E-state index contributed by atoms with van der Waals surface area (Å²) in [6.07, 6.45) is 7.88. The summed E-state index contributed by atoms with van der Waals surface area (Å²) in [6, 6.07) is 0. The fourth-order valence-electron chi connectivity index (χ4n) is 3.41. The van der Waals surface area contributed by atoms with Crippen molar-refractivity contribution in [3.63, 3.8) is 0 Å². The minimum atomic E-state index is 0.436. The Morgan fingerprint density at radius 2 is 1.81 bits per heavy atom. The average Bonchev–Trinajstić information content (AvgIpc) is 3.43. The largest absolute Gasteiger partial charge is 0.353 e. The first-order chi connectivity index (χ1) is 10.3. The minimum absolute atomic E-state index is 0.436. The summed E-state index contributed by atoms with van der Waals surface area (Å²) in [4.78, 5) is 15.5. The monoisotopic (exact) mass is 289 g/mol. The molecular weight excluding hydrogens is 266 g/mol. The summed E-state index contributed by atoms with van der Waals surface area (Å²) in [6.45, 7) is 3.00. The Morgan fingerprint density at radius 1 is 1.10 bits per heavy atom. The van der Waals surface area contributed by atoms with E-state index in [1.165, 1.54) is 38.5 Å². The summed E-state index contributed by atoms with van der Waals surface area (Å²) >= 11 is 0. The Balaban J connectivity index is 1.49. The first kappa shape index (κ1) is 13.1. The fourth-order valence-corrected chi connectivity index (χ4v) is 3.41. The van der Waals surface area contributed by atoms with E-state index in [0.717, 1.165) is 31.5 Å². The summed E-state index contributed by atoms with van der Waals surface area (Å²) in [5, 5.41) is 3.42. The molecule has 2 saturated carbocycles. The predicted molar refractivity (Wildman–Crippen MR) is 82.0 cm³/mol. The lowest BCUT2D eigenvalue weighted by Crippen LogP contribution is -2.24. The number of anilines is 3. The number of nitrogens with two attached hydrogens (primary N) is 1. The van der Waals surface area contributed by atoms with Crippen molar-refractivity contribution in [3.05, 3.63) is 0 Å². The maximum absolute atomic E-state index is 5.49. The van der Waals surface area contributed by atoms with Gasteiger partial charge >= 0.3 is 0 Å². The molecule has 3 fully saturated rings. The highest BCUT2D eigenvalue weighted by Gasteiger charge is 2.53. The van der Waals surface area contributed by atoms with Gasteiger partial charge in [-0.15, -0.1) is 0 Å². The maximum Gasteiger partial charge on any atom is 0.243 e. The standard InChI is InChI=1S/C14H23N7/c15-20-12-17-11(16-9-14(5-6-14)10-3-4-10)18-13(19-12)21-7-1-2-8-21/h10H,1-9,15H2,(H2,16,17,18,19,20). The van der Waals surface area contributed by atoms with Crippen LogP contribution in [-0.2, 0) is 0 Å². The van der Waals surface area contributed by atoms with E-state index in [1.54, 1.807) is 0 Å². The van der Waals surface area contributed by atoms with E-state index in [0.29, 0.717) is 17.3 Å². The van der Waals surface area contributed by atoms with Gasteiger partial charge < -0.3 is 10.2 Å². The Morgan fingerprint density at radius 3 is 2.43 bits per heavy atom. The van der Waals surface area contributed by atoms with Gasteiger partial charge in [0.1, 0.15) is 0 Å². The third-order valence-electron chi connectivity index (χ3n) is 5.08. The van der Waals surface area contributed by atoms with Crippen molar-refractivity contribution in [1.82, 2.24) is 15.0 Å². The van der Waals surface area contributed by atoms with Gasteiger partial charge in [-0.05, 0) is 49.9 Å². The molecule has 1 aromatic heterocycles. The molecule has 4 N–H and O–H groups in total. The normalized spacial score (nSPS) is 23.2. The highest BCUT2D eigenvalue weighted by atomic mass is 15.4. The third kappa shape index (κ3) is 2.62. The molecule has 1 saturated heterocycles. The summed E-state index contributed by atoms with van der Waals surface area (Å²) in [5.41, 5.74) is 3.07. The van der Waals surface area contributed by atoms with Crippen molar-refractivity contribution in [1.29, 1.82) is 0 Å². The van der Waals surface area contributed by atoms with Gasteiger partial charge in [0.05, 0.1) is 0 Å². The number of nitrogens with one attached hydrogen (secondary N) is 2. The van der Waals surface area contributed by atoms with Crippen LogP contribution in [0.2, 0.25) is 0 Å². The molecule has 0 amide bonds. The zero-order valence-corrected chi connectivity index (χ0v) is 12.3. The van der Waals surface area contributed by atoms with E-state index in [-0.39, 0.29) is 0 Å². The molecule has 0 atom stereocenters. The third-order valence-corrected chi connectivity index (χ3v) is 5.08. The first-order valence-corrected chi connectivity index (χ1v) is 8.01. The van der Waals surface area contributed by atoms with E-state index in [2.05, 4.69) is 30.6 Å². The molecule has 2 aliphatic carbocycles. The van der Waals surface area contributed by atoms with Crippen LogP contribution in [0.1, 0.15) is 38.5 Å². The molecule has 0 aromatic carbocycles. The molecule has 2 heterocycles. The molecule has 0 unspecified atom stereocenters. The van der Waals surface area contributed by atoms with Crippen molar-refractivity contribution in [3.8, 4) is 0 Å². The van der Waals surface area contributed by atoms with E-state index < -0.39 is 0 Å². The number of aromatic nitrogens is 3. The van der Waals surface area contributed by atoms with Crippen molar-refractivity contribution in [2.24, 2.45) is 17.2 Å². The van der Waals surface area contributed by atoms with Crippen LogP contribution in [-0.4, -0.2) is 34.6 Å². The molecule has 3 aliphatic rings. The van der Waals surface area contributed by atoms with Crippen LogP contribution < -0.4 is 21.5 Å². The van der Waals surface area contributed by atoms with Gasteiger partial charge in [0, 0.05) is 19.6 Å². The summed E-state index contributed by atoms with van der Waals surface area (Å²) in [7, 11) is 0. The molecule has 0 bridgehead atoms. The molecule has 7 heteroatoms. The average molecular weight is 289 g/mol. The van der Waals surface area contributed by atoms with Crippen LogP contribution in [0.15, 0.2) is 0 Å². The van der Waals surface area contributed by atoms with Crippen molar-refractivity contribution in [2.45, 2.75) is 38.5 Å². The number of rotatable bonds is 6. The number of hydrazine groups is 1. The van der Waals surface area contributed by atoms with Gasteiger partial charge in [0.15, 0.2) is 0 Å². The van der Waals surface area contributed by atoms with Crippen LogP contribution in [0.4, 0.5) is 17.8 Å². The molecule has 0 radical (unpaired) electrons. The van der Waals surface area contributed by atoms with Crippen LogP contribution >= 0.6 is 0 Å². The minimum Gasteiger partial charge on any atom is -0.353 e. The van der Waals surface area contributed by atoms with Crippen molar-refractivity contribution < 1.29 is 0 Å². The van der Waals surface area contributed by atoms with Crippen molar-refractivity contribution >= 4 is 17.8 Å². The van der Waals surface area contributed by atoms with Gasteiger partial charge in [-0.1, -0.05) is 0 Å². The van der Waals surface area contributed by atoms with Crippen LogP contribution in [0, 0.1) is 11.3 Å². The van der Waals surface area contributed by atoms with Crippen molar-refractivity contribution in [2.75, 3.05) is 35.3 Å².